The van der Waals surface area contributed by atoms with Gasteiger partial charge in [0.15, 0.2) is 0 Å². The van der Waals surface area contributed by atoms with Crippen molar-refractivity contribution in [1.29, 1.82) is 0 Å². The fourth-order valence-electron chi connectivity index (χ4n) is 4.50. The van der Waals surface area contributed by atoms with E-state index in [0.29, 0.717) is 32.7 Å². The summed E-state index contributed by atoms with van der Waals surface area (Å²) in [4.78, 5) is 26.6. The minimum atomic E-state index is -4.01. The number of fused-ring (bicyclic) bond motifs is 1. The van der Waals surface area contributed by atoms with Gasteiger partial charge in [-0.25, -0.2) is 8.42 Å². The largest absolute Gasteiger partial charge is 0.378 e. The number of hydrogen-bond acceptors (Lipinski definition) is 5. The number of morpholine rings is 1. The molecule has 2 heterocycles. The summed E-state index contributed by atoms with van der Waals surface area (Å²) in [5.74, 6) is -0.440. The van der Waals surface area contributed by atoms with Crippen LogP contribution in [0.15, 0.2) is 47.4 Å². The SMILES string of the molecule is CC(=O)Nc1ccc(C)cc1S(=O)(=O)N1CCc2ccccc2[C@H]1CC(=O)N1CCOCC1. The summed E-state index contributed by atoms with van der Waals surface area (Å²) in [6, 6.07) is 12.0. The molecule has 9 heteroatoms. The van der Waals surface area contributed by atoms with E-state index in [1.165, 1.54) is 11.2 Å². The van der Waals surface area contributed by atoms with Crippen molar-refractivity contribution in [2.75, 3.05) is 38.2 Å². The van der Waals surface area contributed by atoms with Gasteiger partial charge in [-0.05, 0) is 42.2 Å². The number of amides is 2. The highest BCUT2D eigenvalue weighted by Crippen LogP contribution is 2.38. The van der Waals surface area contributed by atoms with Gasteiger partial charge in [0, 0.05) is 33.0 Å². The standard InChI is InChI=1S/C24H29N3O5S/c1-17-7-8-21(25-18(2)28)23(15-17)33(30,31)27-10-9-19-5-3-4-6-20(19)22(27)16-24(29)26-11-13-32-14-12-26/h3-8,15,22H,9-14,16H2,1-2H3,(H,25,28)/t22-/m1/s1. The van der Waals surface area contributed by atoms with Crippen molar-refractivity contribution in [3.8, 4) is 0 Å². The van der Waals surface area contributed by atoms with Crippen molar-refractivity contribution in [3.63, 3.8) is 0 Å². The van der Waals surface area contributed by atoms with Crippen LogP contribution in [0, 0.1) is 6.92 Å². The van der Waals surface area contributed by atoms with Gasteiger partial charge in [0.2, 0.25) is 21.8 Å². The zero-order valence-corrected chi connectivity index (χ0v) is 19.7. The van der Waals surface area contributed by atoms with Crippen LogP contribution in [-0.4, -0.2) is 62.3 Å². The van der Waals surface area contributed by atoms with Crippen LogP contribution >= 0.6 is 0 Å². The van der Waals surface area contributed by atoms with Crippen molar-refractivity contribution in [2.24, 2.45) is 0 Å². The van der Waals surface area contributed by atoms with E-state index < -0.39 is 16.1 Å². The molecule has 176 valence electrons. The molecule has 4 rings (SSSR count). The van der Waals surface area contributed by atoms with E-state index in [4.69, 9.17) is 4.74 Å². The number of benzene rings is 2. The minimum Gasteiger partial charge on any atom is -0.378 e. The second-order valence-electron chi connectivity index (χ2n) is 8.46. The van der Waals surface area contributed by atoms with Crippen LogP contribution in [0.3, 0.4) is 0 Å². The Morgan fingerprint density at radius 1 is 1.09 bits per heavy atom. The van der Waals surface area contributed by atoms with Gasteiger partial charge in [0.25, 0.3) is 0 Å². The highest BCUT2D eigenvalue weighted by molar-refractivity contribution is 7.89. The molecule has 0 unspecified atom stereocenters. The normalized spacial score (nSPS) is 19.1. The highest BCUT2D eigenvalue weighted by atomic mass is 32.2. The Hall–Kier alpha value is -2.75. The number of nitrogens with one attached hydrogen (secondary N) is 1. The average molecular weight is 472 g/mol. The number of ether oxygens (including phenoxy) is 1. The highest BCUT2D eigenvalue weighted by Gasteiger charge is 2.39. The Bertz CT molecular complexity index is 1160. The molecule has 1 saturated heterocycles. The molecule has 2 aliphatic rings. The quantitative estimate of drug-likeness (QED) is 0.723. The van der Waals surface area contributed by atoms with Crippen LogP contribution in [0.1, 0.15) is 36.1 Å². The molecule has 0 radical (unpaired) electrons. The second kappa shape index (κ2) is 9.62. The summed E-state index contributed by atoms with van der Waals surface area (Å²) in [7, 11) is -4.01. The Balaban J connectivity index is 1.74. The van der Waals surface area contributed by atoms with Gasteiger partial charge in [-0.1, -0.05) is 30.3 Å². The molecule has 8 nitrogen and oxygen atoms in total. The molecule has 33 heavy (non-hydrogen) atoms. The van der Waals surface area contributed by atoms with Crippen molar-refractivity contribution in [1.82, 2.24) is 9.21 Å². The van der Waals surface area contributed by atoms with E-state index in [2.05, 4.69) is 5.32 Å². The van der Waals surface area contributed by atoms with Gasteiger partial charge >= 0.3 is 0 Å². The van der Waals surface area contributed by atoms with E-state index in [1.807, 2.05) is 31.2 Å². The maximum Gasteiger partial charge on any atom is 0.245 e. The van der Waals surface area contributed by atoms with Gasteiger partial charge in [-0.15, -0.1) is 0 Å². The molecule has 0 spiro atoms. The molecule has 1 fully saturated rings. The third-order valence-corrected chi connectivity index (χ3v) is 8.08. The predicted octanol–water partition coefficient (Wildman–Crippen LogP) is 2.49. The maximum absolute atomic E-state index is 13.9. The number of carbonyl (C=O) groups excluding carboxylic acids is 2. The lowest BCUT2D eigenvalue weighted by Gasteiger charge is -2.38. The van der Waals surface area contributed by atoms with E-state index in [9.17, 15) is 18.0 Å². The fourth-order valence-corrected chi connectivity index (χ4v) is 6.34. The van der Waals surface area contributed by atoms with Crippen LogP contribution in [0.5, 0.6) is 0 Å². The van der Waals surface area contributed by atoms with Crippen LogP contribution in [0.2, 0.25) is 0 Å². The van der Waals surface area contributed by atoms with Gasteiger partial charge in [0.05, 0.1) is 24.9 Å². The molecule has 2 aromatic carbocycles. The Morgan fingerprint density at radius 3 is 2.55 bits per heavy atom. The van der Waals surface area contributed by atoms with Crippen LogP contribution in [0.4, 0.5) is 5.69 Å². The Labute approximate surface area is 194 Å². The third kappa shape index (κ3) is 4.95. The first kappa shape index (κ1) is 23.4. The fraction of sp³-hybridized carbons (Fsp3) is 0.417. The molecular weight excluding hydrogens is 442 g/mol. The number of aryl methyl sites for hydroxylation is 1. The first-order chi connectivity index (χ1) is 15.8. The Kier molecular flexibility index (Phi) is 6.83. The number of carbonyl (C=O) groups is 2. The van der Waals surface area contributed by atoms with Crippen molar-refractivity contribution < 1.29 is 22.7 Å². The van der Waals surface area contributed by atoms with E-state index in [1.54, 1.807) is 23.1 Å². The number of rotatable bonds is 5. The molecule has 0 aliphatic carbocycles. The van der Waals surface area contributed by atoms with Crippen molar-refractivity contribution >= 4 is 27.5 Å². The van der Waals surface area contributed by atoms with Crippen LogP contribution in [-0.2, 0) is 30.8 Å². The molecular formula is C24H29N3O5S. The van der Waals surface area contributed by atoms with Gasteiger partial charge in [-0.2, -0.15) is 4.31 Å². The first-order valence-electron chi connectivity index (χ1n) is 11.1. The first-order valence-corrected chi connectivity index (χ1v) is 12.5. The minimum absolute atomic E-state index is 0.0425. The molecule has 2 amide bonds. The number of sulfonamides is 1. The lowest BCUT2D eigenvalue weighted by Crippen LogP contribution is -2.45. The Morgan fingerprint density at radius 2 is 1.82 bits per heavy atom. The smallest absolute Gasteiger partial charge is 0.245 e. The van der Waals surface area contributed by atoms with Crippen molar-refractivity contribution in [2.45, 2.75) is 37.6 Å². The summed E-state index contributed by atoms with van der Waals surface area (Å²) < 4.78 is 34.7. The van der Waals surface area contributed by atoms with Crippen molar-refractivity contribution in [3.05, 3.63) is 59.2 Å². The molecule has 2 aromatic rings. The summed E-state index contributed by atoms with van der Waals surface area (Å²) >= 11 is 0. The summed E-state index contributed by atoms with van der Waals surface area (Å²) in [6.45, 7) is 5.39. The summed E-state index contributed by atoms with van der Waals surface area (Å²) in [6.07, 6.45) is 0.608. The second-order valence-corrected chi connectivity index (χ2v) is 10.3. The monoisotopic (exact) mass is 471 g/mol. The zero-order valence-electron chi connectivity index (χ0n) is 18.9. The maximum atomic E-state index is 13.9. The molecule has 1 atom stereocenters. The number of anilines is 1. The van der Waals surface area contributed by atoms with Gasteiger partial charge in [-0.3, -0.25) is 9.59 Å². The van der Waals surface area contributed by atoms with E-state index in [0.717, 1.165) is 16.7 Å². The molecule has 1 N–H and O–H groups in total. The number of hydrogen-bond donors (Lipinski definition) is 1. The average Bonchev–Trinajstić information content (AvgIpc) is 2.80. The number of nitrogens with zero attached hydrogens (tertiary/aromatic N) is 2. The van der Waals surface area contributed by atoms with Crippen LogP contribution in [0.25, 0.3) is 0 Å². The summed E-state index contributed by atoms with van der Waals surface area (Å²) in [5, 5.41) is 2.64. The topological polar surface area (TPSA) is 96.0 Å². The molecule has 2 aliphatic heterocycles. The third-order valence-electron chi connectivity index (χ3n) is 6.13. The molecule has 0 aromatic heterocycles. The zero-order chi connectivity index (χ0) is 23.6. The van der Waals surface area contributed by atoms with Gasteiger partial charge in [0.1, 0.15) is 4.90 Å². The predicted molar refractivity (Wildman–Crippen MR) is 124 cm³/mol. The van der Waals surface area contributed by atoms with E-state index in [-0.39, 0.29) is 35.4 Å². The molecule has 0 bridgehead atoms. The van der Waals surface area contributed by atoms with E-state index >= 15 is 0 Å². The lowest BCUT2D eigenvalue weighted by molar-refractivity contribution is -0.136. The lowest BCUT2D eigenvalue weighted by atomic mass is 9.92. The van der Waals surface area contributed by atoms with Crippen LogP contribution < -0.4 is 5.32 Å². The van der Waals surface area contributed by atoms with Gasteiger partial charge < -0.3 is 15.0 Å². The molecule has 0 saturated carbocycles. The summed E-state index contributed by atoms with van der Waals surface area (Å²) in [5.41, 5.74) is 2.91.